The average molecular weight is 411 g/mol. The van der Waals surface area contributed by atoms with Gasteiger partial charge in [-0.15, -0.1) is 35.3 Å². The summed E-state index contributed by atoms with van der Waals surface area (Å²) in [5.41, 5.74) is 0. The van der Waals surface area contributed by atoms with Crippen molar-refractivity contribution in [3.8, 4) is 0 Å². The second kappa shape index (κ2) is 10.8. The molecule has 0 spiro atoms. The molecule has 0 radical (unpaired) electrons. The Morgan fingerprint density at radius 3 is 2.60 bits per heavy atom. The summed E-state index contributed by atoms with van der Waals surface area (Å²) in [6.45, 7) is 8.12. The minimum atomic E-state index is -0.0259. The molecule has 1 aromatic heterocycles. The first-order valence-corrected chi connectivity index (χ1v) is 7.11. The summed E-state index contributed by atoms with van der Waals surface area (Å²) in [4.78, 5) is 20.6. The zero-order valence-corrected chi connectivity index (χ0v) is 15.2. The number of carbonyl (C=O) groups excluding carboxylic acids is 1. The predicted molar refractivity (Wildman–Crippen MR) is 93.8 cm³/mol. The maximum absolute atomic E-state index is 10.7. The van der Waals surface area contributed by atoms with Gasteiger partial charge in [0.1, 0.15) is 5.01 Å². The number of aryl methyl sites for hydroxylation is 1. The van der Waals surface area contributed by atoms with Crippen molar-refractivity contribution in [1.29, 1.82) is 0 Å². The fourth-order valence-corrected chi connectivity index (χ4v) is 2.09. The fourth-order valence-electron chi connectivity index (χ4n) is 1.38. The zero-order valence-electron chi connectivity index (χ0n) is 12.0. The Balaban J connectivity index is 0.00000361. The Bertz CT molecular complexity index is 435. The number of amides is 1. The van der Waals surface area contributed by atoms with E-state index < -0.39 is 0 Å². The van der Waals surface area contributed by atoms with Crippen molar-refractivity contribution in [3.05, 3.63) is 16.1 Å². The molecule has 0 aliphatic heterocycles. The lowest BCUT2D eigenvalue weighted by atomic mass is 10.5. The number of nitrogens with zero attached hydrogens (tertiary/aromatic N) is 2. The molecule has 1 amide bonds. The minimum Gasteiger partial charge on any atom is -0.357 e. The van der Waals surface area contributed by atoms with Crippen LogP contribution in [0.1, 0.15) is 23.7 Å². The number of thiazole rings is 1. The number of nitrogens with one attached hydrogen (secondary N) is 3. The summed E-state index contributed by atoms with van der Waals surface area (Å²) in [6, 6.07) is 0. The molecule has 6 nitrogen and oxygen atoms in total. The van der Waals surface area contributed by atoms with Crippen LogP contribution in [-0.2, 0) is 11.3 Å². The summed E-state index contributed by atoms with van der Waals surface area (Å²) < 4.78 is 0. The zero-order chi connectivity index (χ0) is 14.1. The molecule has 1 rings (SSSR count). The molecule has 8 heteroatoms. The first-order chi connectivity index (χ1) is 9.11. The Labute approximate surface area is 140 Å². The van der Waals surface area contributed by atoms with E-state index >= 15 is 0 Å². The molecule has 1 aromatic rings. The molecule has 0 saturated heterocycles. The van der Waals surface area contributed by atoms with Crippen molar-refractivity contribution in [2.24, 2.45) is 4.99 Å². The standard InChI is InChI=1S/C12H21N5OS.HI/c1-4-13-12(15-6-5-14-10(3)18)17-8-11-16-7-9(2)19-11;/h7H,4-6,8H2,1-3H3,(H,14,18)(H2,13,15,17);1H. The first-order valence-electron chi connectivity index (χ1n) is 6.29. The van der Waals surface area contributed by atoms with Gasteiger partial charge >= 0.3 is 0 Å². The predicted octanol–water partition coefficient (Wildman–Crippen LogP) is 1.26. The van der Waals surface area contributed by atoms with E-state index in [2.05, 4.69) is 25.9 Å². The molecule has 0 aliphatic carbocycles. The van der Waals surface area contributed by atoms with E-state index in [-0.39, 0.29) is 29.9 Å². The van der Waals surface area contributed by atoms with Gasteiger partial charge in [-0.3, -0.25) is 4.79 Å². The molecule has 0 aliphatic rings. The van der Waals surface area contributed by atoms with Crippen LogP contribution in [0.4, 0.5) is 0 Å². The van der Waals surface area contributed by atoms with Crippen molar-refractivity contribution in [2.75, 3.05) is 19.6 Å². The number of carbonyl (C=O) groups is 1. The molecular weight excluding hydrogens is 389 g/mol. The average Bonchev–Trinajstić information content (AvgIpc) is 2.77. The van der Waals surface area contributed by atoms with Crippen molar-refractivity contribution in [2.45, 2.75) is 27.3 Å². The SMILES string of the molecule is CCNC(=NCc1ncc(C)s1)NCCNC(C)=O.I. The summed E-state index contributed by atoms with van der Waals surface area (Å²) in [6.07, 6.45) is 1.85. The maximum atomic E-state index is 10.7. The lowest BCUT2D eigenvalue weighted by molar-refractivity contribution is -0.118. The number of aromatic nitrogens is 1. The molecule has 114 valence electrons. The smallest absolute Gasteiger partial charge is 0.216 e. The molecule has 0 unspecified atom stereocenters. The van der Waals surface area contributed by atoms with Gasteiger partial charge in [0, 0.05) is 37.6 Å². The van der Waals surface area contributed by atoms with Crippen LogP contribution in [0.15, 0.2) is 11.2 Å². The highest BCUT2D eigenvalue weighted by molar-refractivity contribution is 14.0. The monoisotopic (exact) mass is 411 g/mol. The molecule has 20 heavy (non-hydrogen) atoms. The van der Waals surface area contributed by atoms with E-state index in [0.717, 1.165) is 17.5 Å². The van der Waals surface area contributed by atoms with Crippen LogP contribution in [0.5, 0.6) is 0 Å². The van der Waals surface area contributed by atoms with Gasteiger partial charge in [0.15, 0.2) is 5.96 Å². The molecule has 0 aromatic carbocycles. The van der Waals surface area contributed by atoms with Gasteiger partial charge in [-0.1, -0.05) is 0 Å². The van der Waals surface area contributed by atoms with Crippen LogP contribution in [-0.4, -0.2) is 36.5 Å². The van der Waals surface area contributed by atoms with E-state index in [0.29, 0.717) is 19.6 Å². The Hall–Kier alpha value is -0.900. The lowest BCUT2D eigenvalue weighted by Crippen LogP contribution is -2.41. The number of guanidine groups is 1. The highest BCUT2D eigenvalue weighted by Gasteiger charge is 2.00. The highest BCUT2D eigenvalue weighted by atomic mass is 127. The van der Waals surface area contributed by atoms with Crippen LogP contribution in [0.25, 0.3) is 0 Å². The Kier molecular flexibility index (Phi) is 10.3. The summed E-state index contributed by atoms with van der Waals surface area (Å²) in [5.74, 6) is 0.711. The van der Waals surface area contributed by atoms with Gasteiger partial charge in [-0.2, -0.15) is 0 Å². The fraction of sp³-hybridized carbons (Fsp3) is 0.583. The summed E-state index contributed by atoms with van der Waals surface area (Å²) in [5, 5.41) is 10.0. The molecule has 0 atom stereocenters. The van der Waals surface area contributed by atoms with Crippen molar-refractivity contribution < 1.29 is 4.79 Å². The normalized spacial score (nSPS) is 10.7. The van der Waals surface area contributed by atoms with Crippen LogP contribution in [0.2, 0.25) is 0 Å². The molecule has 1 heterocycles. The third-order valence-corrected chi connectivity index (χ3v) is 3.07. The summed E-state index contributed by atoms with van der Waals surface area (Å²) in [7, 11) is 0. The number of rotatable bonds is 6. The van der Waals surface area contributed by atoms with Gasteiger partial charge in [-0.05, 0) is 13.8 Å². The molecule has 3 N–H and O–H groups in total. The second-order valence-electron chi connectivity index (χ2n) is 3.97. The van der Waals surface area contributed by atoms with Gasteiger partial charge < -0.3 is 16.0 Å². The highest BCUT2D eigenvalue weighted by Crippen LogP contribution is 2.11. The van der Waals surface area contributed by atoms with Gasteiger partial charge in [0.05, 0.1) is 6.54 Å². The van der Waals surface area contributed by atoms with Crippen LogP contribution in [0, 0.1) is 6.92 Å². The number of hydrogen-bond acceptors (Lipinski definition) is 4. The Morgan fingerprint density at radius 1 is 1.35 bits per heavy atom. The minimum absolute atomic E-state index is 0. The maximum Gasteiger partial charge on any atom is 0.216 e. The second-order valence-corrected chi connectivity index (χ2v) is 5.29. The van der Waals surface area contributed by atoms with Crippen LogP contribution >= 0.6 is 35.3 Å². The number of hydrogen-bond donors (Lipinski definition) is 3. The molecule has 0 bridgehead atoms. The number of aliphatic imine (C=N–C) groups is 1. The summed E-state index contributed by atoms with van der Waals surface area (Å²) >= 11 is 1.65. The molecule has 0 saturated carbocycles. The third kappa shape index (κ3) is 8.31. The van der Waals surface area contributed by atoms with Crippen LogP contribution in [0.3, 0.4) is 0 Å². The van der Waals surface area contributed by atoms with Crippen molar-refractivity contribution in [1.82, 2.24) is 20.9 Å². The van der Waals surface area contributed by atoms with E-state index in [4.69, 9.17) is 0 Å². The van der Waals surface area contributed by atoms with Gasteiger partial charge in [-0.25, -0.2) is 9.98 Å². The topological polar surface area (TPSA) is 78.4 Å². The third-order valence-electron chi connectivity index (χ3n) is 2.18. The first kappa shape index (κ1) is 19.1. The largest absolute Gasteiger partial charge is 0.357 e. The van der Waals surface area contributed by atoms with Gasteiger partial charge in [0.2, 0.25) is 5.91 Å². The lowest BCUT2D eigenvalue weighted by Gasteiger charge is -2.10. The molecular formula is C12H22IN5OS. The van der Waals surface area contributed by atoms with Crippen molar-refractivity contribution in [3.63, 3.8) is 0 Å². The van der Waals surface area contributed by atoms with E-state index in [9.17, 15) is 4.79 Å². The van der Waals surface area contributed by atoms with E-state index in [1.54, 1.807) is 11.3 Å². The quantitative estimate of drug-likeness (QED) is 0.285. The Morgan fingerprint density at radius 2 is 2.05 bits per heavy atom. The van der Waals surface area contributed by atoms with Gasteiger partial charge in [0.25, 0.3) is 0 Å². The van der Waals surface area contributed by atoms with E-state index in [1.807, 2.05) is 20.0 Å². The number of halogens is 1. The van der Waals surface area contributed by atoms with E-state index in [1.165, 1.54) is 11.8 Å². The van der Waals surface area contributed by atoms with Crippen LogP contribution < -0.4 is 16.0 Å². The van der Waals surface area contributed by atoms with Crippen molar-refractivity contribution >= 4 is 47.2 Å². The molecule has 0 fully saturated rings.